The number of rotatable bonds is 12. The van der Waals surface area contributed by atoms with Crippen molar-refractivity contribution in [3.8, 4) is 0 Å². The summed E-state index contributed by atoms with van der Waals surface area (Å²) in [6.07, 6.45) is 3.07. The number of carbonyl (C=O) groups excluding carboxylic acids is 1. The van der Waals surface area contributed by atoms with Gasteiger partial charge < -0.3 is 14.8 Å². The van der Waals surface area contributed by atoms with Crippen molar-refractivity contribution in [2.24, 2.45) is 7.05 Å². The molecule has 0 aliphatic heterocycles. The molecule has 182 valence electrons. The highest BCUT2D eigenvalue weighted by Crippen LogP contribution is 2.20. The number of nitro groups is 1. The van der Waals surface area contributed by atoms with E-state index in [0.29, 0.717) is 11.4 Å². The van der Waals surface area contributed by atoms with Crippen molar-refractivity contribution in [2.45, 2.75) is 0 Å². The maximum atomic E-state index is 12.4. The summed E-state index contributed by atoms with van der Waals surface area (Å²) in [5, 5.41) is 13.5. The van der Waals surface area contributed by atoms with Gasteiger partial charge in [0.1, 0.15) is 5.69 Å². The van der Waals surface area contributed by atoms with E-state index >= 15 is 0 Å². The minimum Gasteiger partial charge on any atom is -0.367 e. The molecule has 0 atom stereocenters. The Bertz CT molecular complexity index is 1170. The Morgan fingerprint density at radius 3 is 2.00 bits per heavy atom. The van der Waals surface area contributed by atoms with Crippen LogP contribution in [-0.2, 0) is 35.7 Å². The smallest absolute Gasteiger partial charge is 0.287 e. The van der Waals surface area contributed by atoms with Gasteiger partial charge in [0.2, 0.25) is 0 Å². The van der Waals surface area contributed by atoms with Crippen LogP contribution < -0.4 is 10.2 Å². The van der Waals surface area contributed by atoms with Gasteiger partial charge in [-0.05, 0) is 24.3 Å². The minimum absolute atomic E-state index is 0.100. The lowest BCUT2D eigenvalue weighted by Crippen LogP contribution is -2.32. The molecule has 1 aromatic heterocycles. The zero-order valence-corrected chi connectivity index (χ0v) is 19.8. The standard InChI is InChI=1S/C18H24N4O9S2/c1-20-13-16(22(24)25)12-17(20)18(23)19-14-4-6-15(7-5-14)21(8-10-30-32(2,26)27)9-11-31-33(3,28)29/h4-7,12-13H,8-11H2,1-3H3,(H,19,23). The van der Waals surface area contributed by atoms with Crippen LogP contribution in [0.2, 0.25) is 0 Å². The summed E-state index contributed by atoms with van der Waals surface area (Å²) in [6, 6.07) is 7.57. The third kappa shape index (κ3) is 8.80. The molecule has 0 fully saturated rings. The highest BCUT2D eigenvalue weighted by atomic mass is 32.2. The van der Waals surface area contributed by atoms with E-state index in [4.69, 9.17) is 8.37 Å². The summed E-state index contributed by atoms with van der Waals surface area (Å²) in [5.74, 6) is -0.543. The normalized spacial score (nSPS) is 11.8. The van der Waals surface area contributed by atoms with E-state index in [9.17, 15) is 31.7 Å². The Hall–Kier alpha value is -3.01. The van der Waals surface area contributed by atoms with Crippen LogP contribution in [0.15, 0.2) is 36.5 Å². The first-order valence-corrected chi connectivity index (χ1v) is 13.0. The molecule has 0 bridgehead atoms. The van der Waals surface area contributed by atoms with Gasteiger partial charge in [-0.3, -0.25) is 23.3 Å². The molecule has 0 unspecified atom stereocenters. The van der Waals surface area contributed by atoms with E-state index in [-0.39, 0.29) is 37.7 Å². The van der Waals surface area contributed by atoms with Gasteiger partial charge in [-0.2, -0.15) is 16.8 Å². The maximum Gasteiger partial charge on any atom is 0.287 e. The quantitative estimate of drug-likeness (QED) is 0.249. The van der Waals surface area contributed by atoms with E-state index < -0.39 is 31.1 Å². The van der Waals surface area contributed by atoms with Crippen molar-refractivity contribution in [1.82, 2.24) is 4.57 Å². The number of amides is 1. The van der Waals surface area contributed by atoms with Crippen molar-refractivity contribution in [3.05, 3.63) is 52.3 Å². The van der Waals surface area contributed by atoms with Crippen LogP contribution in [0.3, 0.4) is 0 Å². The molecule has 1 N–H and O–H groups in total. The lowest BCUT2D eigenvalue weighted by Gasteiger charge is -2.24. The maximum absolute atomic E-state index is 12.4. The first-order chi connectivity index (χ1) is 15.2. The van der Waals surface area contributed by atoms with Crippen molar-refractivity contribution in [3.63, 3.8) is 0 Å². The summed E-state index contributed by atoms with van der Waals surface area (Å²) < 4.78 is 55.6. The average Bonchev–Trinajstić information content (AvgIpc) is 3.08. The number of aromatic nitrogens is 1. The van der Waals surface area contributed by atoms with Gasteiger partial charge in [0.15, 0.2) is 0 Å². The van der Waals surface area contributed by atoms with Crippen LogP contribution in [-0.4, -0.2) is 71.0 Å². The first-order valence-electron chi connectivity index (χ1n) is 9.41. The largest absolute Gasteiger partial charge is 0.367 e. The molecule has 33 heavy (non-hydrogen) atoms. The lowest BCUT2D eigenvalue weighted by molar-refractivity contribution is -0.384. The zero-order valence-electron chi connectivity index (χ0n) is 18.1. The fourth-order valence-corrected chi connectivity index (χ4v) is 3.55. The van der Waals surface area contributed by atoms with Crippen LogP contribution in [0, 0.1) is 10.1 Å². The Kier molecular flexibility index (Phi) is 8.54. The molecule has 2 aromatic rings. The van der Waals surface area contributed by atoms with Gasteiger partial charge in [0.05, 0.1) is 36.8 Å². The molecule has 0 aliphatic rings. The van der Waals surface area contributed by atoms with E-state index in [2.05, 4.69) is 5.32 Å². The number of hydrogen-bond donors (Lipinski definition) is 1. The number of nitrogens with one attached hydrogen (secondary N) is 1. The molecular weight excluding hydrogens is 480 g/mol. The average molecular weight is 505 g/mol. The molecule has 15 heteroatoms. The van der Waals surface area contributed by atoms with Crippen LogP contribution in [0.5, 0.6) is 0 Å². The second-order valence-corrected chi connectivity index (χ2v) is 10.3. The van der Waals surface area contributed by atoms with Gasteiger partial charge in [-0.15, -0.1) is 0 Å². The van der Waals surface area contributed by atoms with Crippen molar-refractivity contribution >= 4 is 43.2 Å². The number of aryl methyl sites for hydroxylation is 1. The fourth-order valence-electron chi connectivity index (χ4n) is 2.79. The topological polar surface area (TPSA) is 167 Å². The summed E-state index contributed by atoms with van der Waals surface area (Å²) >= 11 is 0. The summed E-state index contributed by atoms with van der Waals surface area (Å²) in [5.41, 5.74) is 0.897. The SMILES string of the molecule is Cn1cc([N+](=O)[O-])cc1C(=O)Nc1ccc(N(CCOS(C)(=O)=O)CCOS(C)(=O)=O)cc1. The minimum atomic E-state index is -3.64. The molecule has 0 radical (unpaired) electrons. The zero-order chi connectivity index (χ0) is 24.8. The number of carbonyl (C=O) groups is 1. The van der Waals surface area contributed by atoms with Gasteiger partial charge in [-0.1, -0.05) is 0 Å². The predicted molar refractivity (Wildman–Crippen MR) is 120 cm³/mol. The predicted octanol–water partition coefficient (Wildman–Crippen LogP) is 0.944. The van der Waals surface area contributed by atoms with Crippen molar-refractivity contribution in [2.75, 3.05) is 49.0 Å². The van der Waals surface area contributed by atoms with Crippen LogP contribution >= 0.6 is 0 Å². The van der Waals surface area contributed by atoms with E-state index in [1.807, 2.05) is 0 Å². The Morgan fingerprint density at radius 1 is 1.06 bits per heavy atom. The number of anilines is 2. The van der Waals surface area contributed by atoms with Gasteiger partial charge in [0.25, 0.3) is 31.8 Å². The summed E-state index contributed by atoms with van der Waals surface area (Å²) in [4.78, 5) is 24.4. The monoisotopic (exact) mass is 504 g/mol. The van der Waals surface area contributed by atoms with Crippen molar-refractivity contribution in [1.29, 1.82) is 0 Å². The summed E-state index contributed by atoms with van der Waals surface area (Å²) in [7, 11) is -5.78. The molecule has 1 heterocycles. The van der Waals surface area contributed by atoms with Gasteiger partial charge in [-0.25, -0.2) is 0 Å². The first kappa shape index (κ1) is 26.2. The lowest BCUT2D eigenvalue weighted by atomic mass is 10.2. The highest BCUT2D eigenvalue weighted by Gasteiger charge is 2.18. The van der Waals surface area contributed by atoms with Crippen molar-refractivity contribution < 1.29 is 34.9 Å². The van der Waals surface area contributed by atoms with Crippen LogP contribution in [0.4, 0.5) is 17.1 Å². The van der Waals surface area contributed by atoms with Gasteiger partial charge in [0, 0.05) is 37.6 Å². The molecule has 1 aromatic carbocycles. The van der Waals surface area contributed by atoms with Crippen LogP contribution in [0.25, 0.3) is 0 Å². The van der Waals surface area contributed by atoms with E-state index in [1.54, 1.807) is 29.2 Å². The molecule has 0 saturated carbocycles. The number of benzene rings is 1. The number of nitrogens with zero attached hydrogens (tertiary/aromatic N) is 3. The molecule has 0 aliphatic carbocycles. The highest BCUT2D eigenvalue weighted by molar-refractivity contribution is 7.86. The molecule has 1 amide bonds. The second kappa shape index (κ2) is 10.7. The second-order valence-electron chi connectivity index (χ2n) is 6.99. The Morgan fingerprint density at radius 2 is 1.58 bits per heavy atom. The molecular formula is C18H24N4O9S2. The molecule has 0 saturated heterocycles. The third-order valence-electron chi connectivity index (χ3n) is 4.24. The summed E-state index contributed by atoms with van der Waals surface area (Å²) in [6.45, 7) is -0.0806. The van der Waals surface area contributed by atoms with Gasteiger partial charge >= 0.3 is 0 Å². The number of hydrogen-bond acceptors (Lipinski definition) is 10. The van der Waals surface area contributed by atoms with E-state index in [0.717, 1.165) is 18.6 Å². The third-order valence-corrected chi connectivity index (χ3v) is 5.43. The Balaban J connectivity index is 2.10. The van der Waals surface area contributed by atoms with E-state index in [1.165, 1.54) is 17.8 Å². The molecule has 13 nitrogen and oxygen atoms in total. The van der Waals surface area contributed by atoms with Crippen LogP contribution in [0.1, 0.15) is 10.5 Å². The fraction of sp³-hybridized carbons (Fsp3) is 0.389. The molecule has 2 rings (SSSR count). The Labute approximate surface area is 191 Å². The molecule has 0 spiro atoms.